The Balaban J connectivity index is 1.64. The SMILES string of the molecule is CC(C)(C)OC(=O)N=CC1c2ccccc2C[C@@H]1COCC1COC1. The molecule has 3 rings (SSSR count). The standard InChI is InChI=1S/C20H27NO4/c1-20(2,3)25-19(22)21-9-18-16(13-24-12-14-10-23-11-14)8-15-6-4-5-7-17(15)18/h4-7,9,14,16,18H,8,10-13H2,1-3H3/t16-,18?/m1/s1. The topological polar surface area (TPSA) is 57.1 Å². The van der Waals surface area contributed by atoms with E-state index in [0.29, 0.717) is 18.4 Å². The summed E-state index contributed by atoms with van der Waals surface area (Å²) in [5, 5.41) is 0. The molecule has 1 aliphatic carbocycles. The van der Waals surface area contributed by atoms with Gasteiger partial charge in [0.05, 0.1) is 26.4 Å². The average Bonchev–Trinajstić information content (AvgIpc) is 2.83. The maximum Gasteiger partial charge on any atom is 0.433 e. The highest BCUT2D eigenvalue weighted by atomic mass is 16.6. The number of ether oxygens (including phenoxy) is 3. The third-order valence-corrected chi connectivity index (χ3v) is 4.53. The minimum atomic E-state index is -0.539. The van der Waals surface area contributed by atoms with E-state index in [1.165, 1.54) is 11.1 Å². The van der Waals surface area contributed by atoms with Gasteiger partial charge in [0, 0.05) is 18.1 Å². The molecule has 0 bridgehead atoms. The second-order valence-electron chi connectivity index (χ2n) is 7.89. The highest BCUT2D eigenvalue weighted by Gasteiger charge is 2.32. The number of rotatable bonds is 5. The lowest BCUT2D eigenvalue weighted by Crippen LogP contribution is -2.32. The fourth-order valence-electron chi connectivity index (χ4n) is 3.27. The van der Waals surface area contributed by atoms with Crippen molar-refractivity contribution in [3.63, 3.8) is 0 Å². The molecule has 1 aliphatic heterocycles. The van der Waals surface area contributed by atoms with Gasteiger partial charge in [0.2, 0.25) is 0 Å². The van der Waals surface area contributed by atoms with Crippen LogP contribution in [0.15, 0.2) is 29.3 Å². The predicted molar refractivity (Wildman–Crippen MR) is 96.2 cm³/mol. The average molecular weight is 345 g/mol. The van der Waals surface area contributed by atoms with E-state index in [1.54, 1.807) is 6.21 Å². The minimum absolute atomic E-state index is 0.0846. The van der Waals surface area contributed by atoms with E-state index < -0.39 is 11.7 Å². The Bertz CT molecular complexity index is 631. The van der Waals surface area contributed by atoms with E-state index in [0.717, 1.165) is 26.2 Å². The van der Waals surface area contributed by atoms with Crippen LogP contribution in [0, 0.1) is 11.8 Å². The summed E-state index contributed by atoms with van der Waals surface area (Å²) in [5.41, 5.74) is 2.01. The van der Waals surface area contributed by atoms with Crippen molar-refractivity contribution in [2.75, 3.05) is 26.4 Å². The first-order valence-electron chi connectivity index (χ1n) is 8.93. The van der Waals surface area contributed by atoms with Crippen LogP contribution in [0.25, 0.3) is 0 Å². The van der Waals surface area contributed by atoms with Crippen molar-refractivity contribution in [3.05, 3.63) is 35.4 Å². The molecule has 2 atom stereocenters. The molecule has 0 aromatic heterocycles. The Morgan fingerprint density at radius 1 is 1.28 bits per heavy atom. The van der Waals surface area contributed by atoms with Crippen LogP contribution in [-0.2, 0) is 20.6 Å². The van der Waals surface area contributed by atoms with Crippen molar-refractivity contribution in [2.24, 2.45) is 16.8 Å². The Morgan fingerprint density at radius 3 is 2.72 bits per heavy atom. The minimum Gasteiger partial charge on any atom is -0.442 e. The summed E-state index contributed by atoms with van der Waals surface area (Å²) < 4.78 is 16.4. The molecule has 25 heavy (non-hydrogen) atoms. The summed E-state index contributed by atoms with van der Waals surface area (Å²) in [6, 6.07) is 8.34. The summed E-state index contributed by atoms with van der Waals surface area (Å²) in [7, 11) is 0. The molecular formula is C20H27NO4. The van der Waals surface area contributed by atoms with Gasteiger partial charge in [-0.15, -0.1) is 0 Å². The largest absolute Gasteiger partial charge is 0.442 e. The Labute approximate surface area is 149 Å². The molecule has 0 saturated carbocycles. The van der Waals surface area contributed by atoms with E-state index in [9.17, 15) is 4.79 Å². The van der Waals surface area contributed by atoms with Crippen molar-refractivity contribution in [3.8, 4) is 0 Å². The van der Waals surface area contributed by atoms with Crippen molar-refractivity contribution in [1.82, 2.24) is 0 Å². The van der Waals surface area contributed by atoms with Gasteiger partial charge in [-0.1, -0.05) is 24.3 Å². The number of carbonyl (C=O) groups excluding carboxylic acids is 1. The Kier molecular flexibility index (Phi) is 5.54. The van der Waals surface area contributed by atoms with Gasteiger partial charge in [0.1, 0.15) is 5.60 Å². The number of benzene rings is 1. The molecule has 0 radical (unpaired) electrons. The fraction of sp³-hybridized carbons (Fsp3) is 0.600. The normalized spacial score (nSPS) is 23.5. The van der Waals surface area contributed by atoms with E-state index in [1.807, 2.05) is 26.8 Å². The number of nitrogens with zero attached hydrogens (tertiary/aromatic N) is 1. The van der Waals surface area contributed by atoms with Gasteiger partial charge in [0.15, 0.2) is 0 Å². The molecule has 0 N–H and O–H groups in total. The van der Waals surface area contributed by atoms with Crippen molar-refractivity contribution < 1.29 is 19.0 Å². The number of amides is 1. The number of aliphatic imine (C=N–C) groups is 1. The van der Waals surface area contributed by atoms with Crippen molar-refractivity contribution in [2.45, 2.75) is 38.7 Å². The molecule has 5 heteroatoms. The second kappa shape index (κ2) is 7.67. The molecule has 136 valence electrons. The van der Waals surface area contributed by atoms with Crippen LogP contribution in [0.4, 0.5) is 4.79 Å². The smallest absolute Gasteiger partial charge is 0.433 e. The molecule has 5 nitrogen and oxygen atoms in total. The van der Waals surface area contributed by atoms with Gasteiger partial charge in [-0.05, 0) is 44.2 Å². The summed E-state index contributed by atoms with van der Waals surface area (Å²) in [6.07, 6.45) is 2.14. The summed E-state index contributed by atoms with van der Waals surface area (Å²) in [6.45, 7) is 8.52. The predicted octanol–water partition coefficient (Wildman–Crippen LogP) is 3.61. The van der Waals surface area contributed by atoms with Crippen LogP contribution in [0.1, 0.15) is 37.8 Å². The van der Waals surface area contributed by atoms with Gasteiger partial charge in [-0.3, -0.25) is 0 Å². The van der Waals surface area contributed by atoms with E-state index in [2.05, 4.69) is 23.2 Å². The second-order valence-corrected chi connectivity index (χ2v) is 7.89. The molecule has 2 aliphatic rings. The Hall–Kier alpha value is -1.72. The quantitative estimate of drug-likeness (QED) is 0.765. The third kappa shape index (κ3) is 4.89. The molecule has 1 amide bonds. The Morgan fingerprint density at radius 2 is 2.04 bits per heavy atom. The summed E-state index contributed by atoms with van der Waals surface area (Å²) in [5.74, 6) is 0.906. The van der Waals surface area contributed by atoms with Gasteiger partial charge in [-0.25, -0.2) is 4.79 Å². The fourth-order valence-corrected chi connectivity index (χ4v) is 3.27. The number of fused-ring (bicyclic) bond motifs is 1. The van der Waals surface area contributed by atoms with Crippen LogP contribution in [0.3, 0.4) is 0 Å². The van der Waals surface area contributed by atoms with Gasteiger partial charge in [0.25, 0.3) is 0 Å². The number of hydrogen-bond donors (Lipinski definition) is 0. The van der Waals surface area contributed by atoms with Gasteiger partial charge < -0.3 is 14.2 Å². The molecule has 1 heterocycles. The van der Waals surface area contributed by atoms with E-state index in [4.69, 9.17) is 14.2 Å². The zero-order valence-corrected chi connectivity index (χ0v) is 15.2. The lowest BCUT2D eigenvalue weighted by molar-refractivity contribution is -0.0755. The zero-order chi connectivity index (χ0) is 17.9. The van der Waals surface area contributed by atoms with Gasteiger partial charge in [-0.2, -0.15) is 4.99 Å². The number of carbonyl (C=O) groups is 1. The van der Waals surface area contributed by atoms with Crippen LogP contribution in [-0.4, -0.2) is 44.3 Å². The first-order chi connectivity index (χ1) is 11.9. The highest BCUT2D eigenvalue weighted by Crippen LogP contribution is 2.37. The van der Waals surface area contributed by atoms with Crippen LogP contribution in [0.2, 0.25) is 0 Å². The van der Waals surface area contributed by atoms with E-state index in [-0.39, 0.29) is 5.92 Å². The molecule has 1 fully saturated rings. The van der Waals surface area contributed by atoms with Crippen molar-refractivity contribution >= 4 is 12.3 Å². The zero-order valence-electron chi connectivity index (χ0n) is 15.2. The van der Waals surface area contributed by atoms with Gasteiger partial charge >= 0.3 is 6.09 Å². The molecule has 0 spiro atoms. The first kappa shape index (κ1) is 18.1. The van der Waals surface area contributed by atoms with Crippen LogP contribution < -0.4 is 0 Å². The first-order valence-corrected chi connectivity index (χ1v) is 8.93. The van der Waals surface area contributed by atoms with Crippen LogP contribution in [0.5, 0.6) is 0 Å². The van der Waals surface area contributed by atoms with Crippen molar-refractivity contribution in [1.29, 1.82) is 0 Å². The van der Waals surface area contributed by atoms with E-state index >= 15 is 0 Å². The molecule has 1 saturated heterocycles. The molecular weight excluding hydrogens is 318 g/mol. The molecule has 1 aromatic rings. The molecule has 1 aromatic carbocycles. The lowest BCUT2D eigenvalue weighted by atomic mass is 9.94. The number of hydrogen-bond acceptors (Lipinski definition) is 4. The van der Waals surface area contributed by atoms with Crippen LogP contribution >= 0.6 is 0 Å². The third-order valence-electron chi connectivity index (χ3n) is 4.53. The maximum atomic E-state index is 11.9. The highest BCUT2D eigenvalue weighted by molar-refractivity contribution is 5.83. The molecule has 1 unspecified atom stereocenters. The maximum absolute atomic E-state index is 11.9. The monoisotopic (exact) mass is 345 g/mol. The summed E-state index contributed by atoms with van der Waals surface area (Å²) in [4.78, 5) is 16.0. The lowest BCUT2D eigenvalue weighted by Gasteiger charge is -2.26. The summed E-state index contributed by atoms with van der Waals surface area (Å²) >= 11 is 0.